The SMILES string of the molecule is CCOC(=O)c1c(NC(=O)CN(c2cccc(Cl)c2C)S(=O)(=O)c2ccc(C)cc2)sc2c1CCC2. The molecule has 0 saturated carbocycles. The van der Waals surface area contributed by atoms with Gasteiger partial charge in [-0.3, -0.25) is 9.10 Å². The Morgan fingerprint density at radius 3 is 2.53 bits per heavy atom. The zero-order valence-corrected chi connectivity index (χ0v) is 22.6. The van der Waals surface area contributed by atoms with Crippen molar-refractivity contribution in [3.63, 3.8) is 0 Å². The number of carbonyl (C=O) groups is 2. The van der Waals surface area contributed by atoms with Gasteiger partial charge < -0.3 is 10.1 Å². The summed E-state index contributed by atoms with van der Waals surface area (Å²) in [5, 5.41) is 3.56. The fourth-order valence-electron chi connectivity index (χ4n) is 4.21. The summed E-state index contributed by atoms with van der Waals surface area (Å²) in [4.78, 5) is 27.1. The van der Waals surface area contributed by atoms with E-state index in [-0.39, 0.29) is 11.5 Å². The highest BCUT2D eigenvalue weighted by molar-refractivity contribution is 7.92. The van der Waals surface area contributed by atoms with Crippen LogP contribution in [0.2, 0.25) is 5.02 Å². The first-order valence-corrected chi connectivity index (χ1v) is 14.2. The molecule has 0 bridgehead atoms. The van der Waals surface area contributed by atoms with Crippen LogP contribution in [0.4, 0.5) is 10.7 Å². The number of benzene rings is 2. The van der Waals surface area contributed by atoms with Gasteiger partial charge in [0.05, 0.1) is 22.8 Å². The minimum Gasteiger partial charge on any atom is -0.462 e. The van der Waals surface area contributed by atoms with Gasteiger partial charge in [-0.2, -0.15) is 0 Å². The fraction of sp³-hybridized carbons (Fsp3) is 0.308. The zero-order valence-electron chi connectivity index (χ0n) is 20.3. The van der Waals surface area contributed by atoms with Crippen LogP contribution in [0.5, 0.6) is 0 Å². The van der Waals surface area contributed by atoms with Crippen LogP contribution in [0.1, 0.15) is 45.3 Å². The molecular formula is C26H27ClN2O5S2. The number of carbonyl (C=O) groups excluding carboxylic acids is 2. The first-order valence-electron chi connectivity index (χ1n) is 11.6. The first-order chi connectivity index (χ1) is 17.1. The zero-order chi connectivity index (χ0) is 26.0. The highest BCUT2D eigenvalue weighted by atomic mass is 35.5. The number of thiophene rings is 1. The second kappa shape index (κ2) is 10.6. The lowest BCUT2D eigenvalue weighted by Gasteiger charge is -2.26. The highest BCUT2D eigenvalue weighted by Gasteiger charge is 2.31. The number of aryl methyl sites for hydroxylation is 2. The molecule has 0 aliphatic heterocycles. The van der Waals surface area contributed by atoms with Crippen LogP contribution < -0.4 is 9.62 Å². The van der Waals surface area contributed by atoms with Gasteiger partial charge in [-0.1, -0.05) is 35.4 Å². The molecule has 1 amide bonds. The van der Waals surface area contributed by atoms with Crippen molar-refractivity contribution >= 4 is 55.5 Å². The molecule has 0 atom stereocenters. The number of nitrogens with one attached hydrogen (secondary N) is 1. The number of fused-ring (bicyclic) bond motifs is 1. The lowest BCUT2D eigenvalue weighted by molar-refractivity contribution is -0.114. The van der Waals surface area contributed by atoms with E-state index in [2.05, 4.69) is 5.32 Å². The van der Waals surface area contributed by atoms with E-state index in [4.69, 9.17) is 16.3 Å². The summed E-state index contributed by atoms with van der Waals surface area (Å²) in [6, 6.07) is 11.3. The molecule has 0 saturated heterocycles. The molecule has 1 aromatic heterocycles. The predicted octanol–water partition coefficient (Wildman–Crippen LogP) is 5.52. The van der Waals surface area contributed by atoms with Crippen LogP contribution in [-0.2, 0) is 32.4 Å². The lowest BCUT2D eigenvalue weighted by atomic mass is 10.1. The van der Waals surface area contributed by atoms with Crippen molar-refractivity contribution in [2.75, 3.05) is 22.8 Å². The van der Waals surface area contributed by atoms with Gasteiger partial charge in [-0.25, -0.2) is 13.2 Å². The molecule has 1 aliphatic carbocycles. The number of halogens is 1. The minimum atomic E-state index is -4.10. The number of sulfonamides is 1. The van der Waals surface area contributed by atoms with Gasteiger partial charge in [-0.15, -0.1) is 11.3 Å². The fourth-order valence-corrected chi connectivity index (χ4v) is 7.15. The van der Waals surface area contributed by atoms with Gasteiger partial charge in [0.15, 0.2) is 0 Å². The Labute approximate surface area is 220 Å². The van der Waals surface area contributed by atoms with Crippen molar-refractivity contribution < 1.29 is 22.7 Å². The van der Waals surface area contributed by atoms with Crippen molar-refractivity contribution in [2.24, 2.45) is 0 Å². The summed E-state index contributed by atoms with van der Waals surface area (Å²) >= 11 is 7.64. The maximum absolute atomic E-state index is 13.7. The van der Waals surface area contributed by atoms with E-state index in [9.17, 15) is 18.0 Å². The quantitative estimate of drug-likeness (QED) is 0.376. The Bertz CT molecular complexity index is 1410. The monoisotopic (exact) mass is 546 g/mol. The highest BCUT2D eigenvalue weighted by Crippen LogP contribution is 2.40. The molecule has 2 aromatic carbocycles. The summed E-state index contributed by atoms with van der Waals surface area (Å²) in [6.45, 7) is 5.01. The molecule has 190 valence electrons. The average Bonchev–Trinajstić information content (AvgIpc) is 3.40. The summed E-state index contributed by atoms with van der Waals surface area (Å²) in [5.41, 5.74) is 3.02. The van der Waals surface area contributed by atoms with E-state index in [1.165, 1.54) is 23.5 Å². The van der Waals surface area contributed by atoms with Crippen LogP contribution in [0, 0.1) is 13.8 Å². The summed E-state index contributed by atoms with van der Waals surface area (Å²) in [7, 11) is -4.10. The molecule has 3 aromatic rings. The maximum Gasteiger partial charge on any atom is 0.341 e. The minimum absolute atomic E-state index is 0.0580. The van der Waals surface area contributed by atoms with Gasteiger partial charge in [0.1, 0.15) is 11.5 Å². The van der Waals surface area contributed by atoms with E-state index in [1.807, 2.05) is 6.92 Å². The van der Waals surface area contributed by atoms with Crippen molar-refractivity contribution in [3.8, 4) is 0 Å². The van der Waals surface area contributed by atoms with Crippen LogP contribution in [0.15, 0.2) is 47.4 Å². The van der Waals surface area contributed by atoms with E-state index in [0.717, 1.165) is 39.6 Å². The number of ether oxygens (including phenoxy) is 1. The maximum atomic E-state index is 13.7. The van der Waals surface area contributed by atoms with E-state index in [1.54, 1.807) is 44.2 Å². The number of esters is 1. The van der Waals surface area contributed by atoms with Crippen LogP contribution in [0.25, 0.3) is 0 Å². The molecular weight excluding hydrogens is 520 g/mol. The molecule has 1 heterocycles. The van der Waals surface area contributed by atoms with Crippen LogP contribution >= 0.6 is 22.9 Å². The molecule has 0 unspecified atom stereocenters. The van der Waals surface area contributed by atoms with Gasteiger partial charge in [-0.05, 0) is 75.4 Å². The molecule has 1 N–H and O–H groups in total. The second-order valence-electron chi connectivity index (χ2n) is 8.54. The van der Waals surface area contributed by atoms with Crippen molar-refractivity contribution in [1.29, 1.82) is 0 Å². The van der Waals surface area contributed by atoms with Gasteiger partial charge in [0, 0.05) is 9.90 Å². The third kappa shape index (κ3) is 5.14. The predicted molar refractivity (Wildman–Crippen MR) is 143 cm³/mol. The van der Waals surface area contributed by atoms with Gasteiger partial charge >= 0.3 is 5.97 Å². The molecule has 0 fully saturated rings. The standard InChI is InChI=1S/C26H27ClN2O5S2/c1-4-34-26(31)24-19-7-5-10-22(19)35-25(24)28-23(30)15-29(21-9-6-8-20(27)17(21)3)36(32,33)18-13-11-16(2)12-14-18/h6,8-9,11-14H,4-5,7,10,15H2,1-3H3,(H,28,30). The number of hydrogen-bond donors (Lipinski definition) is 1. The van der Waals surface area contributed by atoms with E-state index in [0.29, 0.717) is 26.8 Å². The number of rotatable bonds is 8. The smallest absolute Gasteiger partial charge is 0.341 e. The van der Waals surface area contributed by atoms with Crippen LogP contribution in [0.3, 0.4) is 0 Å². The van der Waals surface area contributed by atoms with Crippen LogP contribution in [-0.4, -0.2) is 33.4 Å². The number of amides is 1. The van der Waals surface area contributed by atoms with Gasteiger partial charge in [0.25, 0.3) is 10.0 Å². The molecule has 0 spiro atoms. The lowest BCUT2D eigenvalue weighted by Crippen LogP contribution is -2.38. The number of hydrogen-bond acceptors (Lipinski definition) is 6. The molecule has 10 heteroatoms. The van der Waals surface area contributed by atoms with E-state index >= 15 is 0 Å². The summed E-state index contributed by atoms with van der Waals surface area (Å²) < 4.78 is 33.7. The van der Waals surface area contributed by atoms with Crippen molar-refractivity contribution in [2.45, 2.75) is 44.9 Å². The van der Waals surface area contributed by atoms with Gasteiger partial charge in [0.2, 0.25) is 5.91 Å². The van der Waals surface area contributed by atoms with E-state index < -0.39 is 28.4 Å². The summed E-state index contributed by atoms with van der Waals surface area (Å²) in [5.74, 6) is -1.06. The Morgan fingerprint density at radius 1 is 1.11 bits per heavy atom. The Kier molecular flexibility index (Phi) is 7.73. The number of anilines is 2. The molecule has 1 aliphatic rings. The second-order valence-corrected chi connectivity index (χ2v) is 11.9. The largest absolute Gasteiger partial charge is 0.462 e. The number of nitrogens with zero attached hydrogens (tertiary/aromatic N) is 1. The Hall–Kier alpha value is -2.88. The molecule has 4 rings (SSSR count). The summed E-state index contributed by atoms with van der Waals surface area (Å²) in [6.07, 6.45) is 2.52. The normalized spacial score (nSPS) is 12.8. The third-order valence-corrected chi connectivity index (χ3v) is 9.45. The Balaban J connectivity index is 1.70. The average molecular weight is 547 g/mol. The molecule has 7 nitrogen and oxygen atoms in total. The molecule has 0 radical (unpaired) electrons. The Morgan fingerprint density at radius 2 is 1.83 bits per heavy atom. The third-order valence-electron chi connectivity index (χ3n) is 6.06. The topological polar surface area (TPSA) is 92.8 Å². The van der Waals surface area contributed by atoms with Crippen molar-refractivity contribution in [1.82, 2.24) is 0 Å². The molecule has 36 heavy (non-hydrogen) atoms. The van der Waals surface area contributed by atoms with Crippen molar-refractivity contribution in [3.05, 3.63) is 74.6 Å². The first kappa shape index (κ1) is 26.2.